The second-order valence-corrected chi connectivity index (χ2v) is 29.9. The molecule has 0 saturated carbocycles. The molecule has 0 aliphatic carbocycles. The molecule has 18 aromatic carbocycles. The van der Waals surface area contributed by atoms with E-state index in [2.05, 4.69) is 436 Å². The van der Waals surface area contributed by atoms with Gasteiger partial charge in [0.2, 0.25) is 0 Å². The monoisotopic (exact) mass is 1540 g/mol. The van der Waals surface area contributed by atoms with Crippen LogP contribution in [-0.2, 0) is 0 Å². The lowest BCUT2D eigenvalue weighted by atomic mass is 10.00. The Kier molecular flexibility index (Phi) is 18.4. The Morgan fingerprint density at radius 1 is 0.200 bits per heavy atom. The highest BCUT2D eigenvalue weighted by molar-refractivity contribution is 9.10. The molecule has 0 amide bonds. The first-order valence-electron chi connectivity index (χ1n) is 38.9. The van der Waals surface area contributed by atoms with Gasteiger partial charge in [0.15, 0.2) is 0 Å². The molecule has 0 unspecified atom stereocenters. The van der Waals surface area contributed by atoms with Crippen molar-refractivity contribution in [3.8, 4) is 78.1 Å². The fourth-order valence-corrected chi connectivity index (χ4v) is 16.7. The molecule has 4 aromatic heterocycles. The smallest absolute Gasteiger partial charge is 0.136 e. The average Bonchev–Trinajstić information content (AvgIpc) is 1.61. The van der Waals surface area contributed by atoms with Crippen molar-refractivity contribution in [2.24, 2.45) is 0 Å². The van der Waals surface area contributed by atoms with Gasteiger partial charge in [-0.05, 0) is 212 Å². The highest BCUT2D eigenvalue weighted by Gasteiger charge is 2.20. The molecular formula is C108H73BrN4O2. The molecule has 115 heavy (non-hydrogen) atoms. The minimum atomic E-state index is 0.899. The van der Waals surface area contributed by atoms with E-state index in [0.29, 0.717) is 0 Å². The second-order valence-electron chi connectivity index (χ2n) is 29.0. The maximum Gasteiger partial charge on any atom is 0.136 e. The first-order valence-corrected chi connectivity index (χ1v) is 39.6. The Labute approximate surface area is 674 Å². The number of nitrogens with one attached hydrogen (secondary N) is 1. The summed E-state index contributed by atoms with van der Waals surface area (Å²) in [4.78, 5) is 2.35. The normalized spacial score (nSPS) is 11.3. The van der Waals surface area contributed by atoms with Crippen LogP contribution in [0.5, 0.6) is 0 Å². The molecule has 0 radical (unpaired) electrons. The van der Waals surface area contributed by atoms with E-state index < -0.39 is 0 Å². The fraction of sp³-hybridized carbons (Fsp3) is 0. The predicted octanol–water partition coefficient (Wildman–Crippen LogP) is 31.0. The molecule has 0 bridgehead atoms. The summed E-state index contributed by atoms with van der Waals surface area (Å²) in [6.07, 6.45) is 0. The summed E-state index contributed by atoms with van der Waals surface area (Å²) in [7, 11) is 0. The zero-order valence-electron chi connectivity index (χ0n) is 62.6. The first kappa shape index (κ1) is 69.4. The Hall–Kier alpha value is -14.8. The third-order valence-electron chi connectivity index (χ3n) is 22.0. The average molecular weight is 1540 g/mol. The molecule has 6 nitrogen and oxygen atoms in total. The van der Waals surface area contributed by atoms with Gasteiger partial charge >= 0.3 is 0 Å². The maximum atomic E-state index is 6.24. The van der Waals surface area contributed by atoms with Gasteiger partial charge in [-0.1, -0.05) is 307 Å². The summed E-state index contributed by atoms with van der Waals surface area (Å²) in [5, 5.41) is 13.2. The molecule has 1 N–H and O–H groups in total. The van der Waals surface area contributed by atoms with Gasteiger partial charge in [-0.25, -0.2) is 0 Å². The number of rotatable bonds is 13. The highest BCUT2D eigenvalue weighted by atomic mass is 79.9. The van der Waals surface area contributed by atoms with Crippen LogP contribution in [0, 0.1) is 0 Å². The molecular weight excluding hydrogens is 1470 g/mol. The molecule has 0 spiro atoms. The van der Waals surface area contributed by atoms with E-state index >= 15 is 0 Å². The van der Waals surface area contributed by atoms with E-state index in [1.807, 2.05) is 36.4 Å². The Balaban J connectivity index is 0.000000126. The van der Waals surface area contributed by atoms with Gasteiger partial charge < -0.3 is 28.2 Å². The van der Waals surface area contributed by atoms with Crippen LogP contribution < -0.4 is 10.2 Å². The standard InChI is InChI=1S/C54H36N2O.C36H25NO.C18H12BrN/c1-2-11-37(12-3-1)38-21-23-39(24-22-38)40-25-30-43(31-26-40)55(44-32-27-41(28-33-44)42-29-34-50-49-17-6-9-20-53(49)57-54(50)35-42)45-13-10-14-46(36-45)56-51-18-7-4-15-47(51)48-16-5-8-19-52(48)56;1-2-6-25(7-3-1)26-10-12-27(13-11-26)28-14-19-31(20-15-28)37-32-21-16-29(17-22-32)30-18-23-34-33-8-4-5-9-35(33)38-36(34)24-30;19-13-6-5-7-14(12-13)20-17-10-3-1-8-15(17)16-9-2-4-11-18(16)20/h1-36H;1-24,37H;1-12H. The van der Waals surface area contributed by atoms with Gasteiger partial charge in [0.1, 0.15) is 22.3 Å². The topological polar surface area (TPSA) is 51.4 Å². The van der Waals surface area contributed by atoms with Crippen molar-refractivity contribution in [2.75, 3.05) is 10.2 Å². The quantitative estimate of drug-likeness (QED) is 0.125. The summed E-state index contributed by atoms with van der Waals surface area (Å²) in [5.41, 5.74) is 30.4. The Morgan fingerprint density at radius 2 is 0.487 bits per heavy atom. The molecule has 0 atom stereocenters. The van der Waals surface area contributed by atoms with Gasteiger partial charge in [-0.2, -0.15) is 0 Å². The number of nitrogens with zero attached hydrogens (tertiary/aromatic N) is 3. The first-order chi connectivity index (χ1) is 56.9. The number of anilines is 5. The fourth-order valence-electron chi connectivity index (χ4n) is 16.3. The number of para-hydroxylation sites is 6. The van der Waals surface area contributed by atoms with Gasteiger partial charge in [-0.3, -0.25) is 0 Å². The largest absolute Gasteiger partial charge is 0.456 e. The van der Waals surface area contributed by atoms with E-state index in [1.165, 1.54) is 93.8 Å². The lowest BCUT2D eigenvalue weighted by Crippen LogP contribution is -2.10. The molecule has 0 fully saturated rings. The molecule has 4 heterocycles. The van der Waals surface area contributed by atoms with E-state index in [1.54, 1.807) is 0 Å². The van der Waals surface area contributed by atoms with Crippen LogP contribution in [0.15, 0.2) is 450 Å². The van der Waals surface area contributed by atoms with Gasteiger partial charge in [0.25, 0.3) is 0 Å². The number of hydrogen-bond acceptors (Lipinski definition) is 4. The number of aromatic nitrogens is 2. The molecule has 0 aliphatic heterocycles. The molecule has 22 aromatic rings. The zero-order valence-corrected chi connectivity index (χ0v) is 64.2. The molecule has 0 saturated heterocycles. The van der Waals surface area contributed by atoms with Gasteiger partial charge in [0, 0.05) is 87.4 Å². The lowest BCUT2D eigenvalue weighted by molar-refractivity contribution is 0.668. The van der Waals surface area contributed by atoms with Crippen molar-refractivity contribution in [3.63, 3.8) is 0 Å². The van der Waals surface area contributed by atoms with E-state index in [4.69, 9.17) is 8.83 Å². The summed E-state index contributed by atoms with van der Waals surface area (Å²) in [6.45, 7) is 0. The second kappa shape index (κ2) is 30.5. The minimum Gasteiger partial charge on any atom is -0.456 e. The van der Waals surface area contributed by atoms with Crippen LogP contribution in [0.3, 0.4) is 0 Å². The van der Waals surface area contributed by atoms with E-state index in [9.17, 15) is 0 Å². The van der Waals surface area contributed by atoms with E-state index in [-0.39, 0.29) is 0 Å². The number of furan rings is 2. The van der Waals surface area contributed by atoms with Crippen molar-refractivity contribution in [3.05, 3.63) is 441 Å². The highest BCUT2D eigenvalue weighted by Crippen LogP contribution is 2.43. The van der Waals surface area contributed by atoms with Crippen LogP contribution >= 0.6 is 15.9 Å². The summed E-state index contributed by atoms with van der Waals surface area (Å²) in [5.74, 6) is 0. The number of benzene rings is 18. The van der Waals surface area contributed by atoms with Crippen LogP contribution in [0.2, 0.25) is 0 Å². The third kappa shape index (κ3) is 13.7. The van der Waals surface area contributed by atoms with Crippen molar-refractivity contribution in [1.29, 1.82) is 0 Å². The maximum absolute atomic E-state index is 6.24. The Morgan fingerprint density at radius 3 is 0.870 bits per heavy atom. The number of hydrogen-bond donors (Lipinski definition) is 1. The summed E-state index contributed by atoms with van der Waals surface area (Å²) in [6, 6.07) is 155. The summed E-state index contributed by atoms with van der Waals surface area (Å²) >= 11 is 3.56. The molecule has 22 rings (SSSR count). The molecule has 0 aliphatic rings. The molecule has 544 valence electrons. The molecule has 7 heteroatoms. The van der Waals surface area contributed by atoms with Crippen molar-refractivity contribution < 1.29 is 8.83 Å². The summed E-state index contributed by atoms with van der Waals surface area (Å²) < 4.78 is 18.1. The SMILES string of the molecule is Brc1cccc(-n2c3ccccc3c3ccccc32)c1.c1ccc(-c2ccc(-c3ccc(N(c4ccc(-c5ccc6c(c5)oc5ccccc56)cc4)c4cccc(-n5c6ccccc6c6ccccc65)c4)cc3)cc2)cc1.c1ccc(-c2ccc(-c3ccc(Nc4ccc(-c5ccc6c(c5)oc5ccccc56)cc4)cc3)cc2)cc1. The van der Waals surface area contributed by atoms with Crippen LogP contribution in [-0.4, -0.2) is 9.13 Å². The third-order valence-corrected chi connectivity index (χ3v) is 22.5. The van der Waals surface area contributed by atoms with Crippen molar-refractivity contribution in [1.82, 2.24) is 9.13 Å². The zero-order chi connectivity index (χ0) is 76.5. The number of fused-ring (bicyclic) bond motifs is 12. The van der Waals surface area contributed by atoms with Gasteiger partial charge in [-0.15, -0.1) is 0 Å². The van der Waals surface area contributed by atoms with Gasteiger partial charge in [0.05, 0.1) is 22.1 Å². The van der Waals surface area contributed by atoms with E-state index in [0.717, 1.165) is 105 Å². The number of halogens is 1. The van der Waals surface area contributed by atoms with Crippen LogP contribution in [0.1, 0.15) is 0 Å². The van der Waals surface area contributed by atoms with Crippen molar-refractivity contribution in [2.45, 2.75) is 0 Å². The minimum absolute atomic E-state index is 0.899. The van der Waals surface area contributed by atoms with Crippen molar-refractivity contribution >= 4 is 132 Å². The predicted molar refractivity (Wildman–Crippen MR) is 487 cm³/mol. The van der Waals surface area contributed by atoms with Crippen LogP contribution in [0.25, 0.3) is 166 Å². The lowest BCUT2D eigenvalue weighted by Gasteiger charge is -2.26. The van der Waals surface area contributed by atoms with Crippen LogP contribution in [0.4, 0.5) is 28.4 Å². The Bertz CT molecular complexity index is 7160.